The molecule has 9 nitrogen and oxygen atoms in total. The van der Waals surface area contributed by atoms with Gasteiger partial charge < -0.3 is 15.4 Å². The maximum atomic E-state index is 14.2. The number of likely N-dealkylation sites (N-methyl/N-ethyl adjacent to an activating group) is 1. The maximum Gasteiger partial charge on any atom is 0.323 e. The summed E-state index contributed by atoms with van der Waals surface area (Å²) in [7, 11) is -1.71. The number of rotatable bonds is 4. The van der Waals surface area contributed by atoms with Crippen molar-refractivity contribution in [3.8, 4) is 0 Å². The van der Waals surface area contributed by atoms with E-state index < -0.39 is 34.0 Å². The van der Waals surface area contributed by atoms with Crippen LogP contribution in [0.4, 0.5) is 8.78 Å². The first-order chi connectivity index (χ1) is 15.7. The quantitative estimate of drug-likeness (QED) is 0.684. The lowest BCUT2D eigenvalue weighted by atomic mass is 9.93. The monoisotopic (exact) mass is 482 g/mol. The summed E-state index contributed by atoms with van der Waals surface area (Å²) in [4.78, 5) is 4.24. The minimum atomic E-state index is -3.68. The number of nitrogens with two attached hydrogens (primary N) is 1. The zero-order chi connectivity index (χ0) is 23.3. The van der Waals surface area contributed by atoms with Crippen molar-refractivity contribution < 1.29 is 21.9 Å². The van der Waals surface area contributed by atoms with E-state index in [0.29, 0.717) is 52.3 Å². The number of piperazine rings is 1. The predicted octanol–water partition coefficient (Wildman–Crippen LogP) is 0.675. The molecule has 2 fully saturated rings. The standard InChI is InChI=1S/C21H28F2N6O3S/c1-26-4-6-28(7-5-26)33(30,31)29-11-14-10-27(12-20(14)25-29)16-9-19(24)21(32-13-16)17-8-15(22)2-3-18(17)23/h2-3,8,11,16,19,21H,4-7,9-10,12-13,24H2,1H3/t16-,19+,21-/m1/s1. The van der Waals surface area contributed by atoms with Crippen molar-refractivity contribution >= 4 is 10.2 Å². The fraction of sp³-hybridized carbons (Fsp3) is 0.571. The molecule has 4 heterocycles. The van der Waals surface area contributed by atoms with Crippen LogP contribution in [0.15, 0.2) is 24.4 Å². The number of benzene rings is 1. The van der Waals surface area contributed by atoms with Gasteiger partial charge in [0.1, 0.15) is 17.7 Å². The van der Waals surface area contributed by atoms with Crippen LogP contribution in [0, 0.1) is 11.6 Å². The Morgan fingerprint density at radius 2 is 1.91 bits per heavy atom. The van der Waals surface area contributed by atoms with Gasteiger partial charge in [-0.25, -0.2) is 8.78 Å². The van der Waals surface area contributed by atoms with E-state index in [4.69, 9.17) is 10.5 Å². The van der Waals surface area contributed by atoms with E-state index in [1.54, 1.807) is 6.20 Å². The Morgan fingerprint density at radius 3 is 2.61 bits per heavy atom. The van der Waals surface area contributed by atoms with Gasteiger partial charge in [-0.2, -0.15) is 21.9 Å². The largest absolute Gasteiger partial charge is 0.370 e. The number of fused-ring (bicyclic) bond motifs is 1. The van der Waals surface area contributed by atoms with Gasteiger partial charge in [0.05, 0.1) is 12.3 Å². The number of hydrogen-bond donors (Lipinski definition) is 1. The molecule has 0 unspecified atom stereocenters. The van der Waals surface area contributed by atoms with E-state index in [2.05, 4.69) is 14.9 Å². The third-order valence-corrected chi connectivity index (χ3v) is 8.47. The third-order valence-electron chi connectivity index (χ3n) is 6.79. The lowest BCUT2D eigenvalue weighted by Gasteiger charge is -2.38. The fourth-order valence-electron chi connectivity index (χ4n) is 4.82. The Hall–Kier alpha value is -1.96. The van der Waals surface area contributed by atoms with E-state index in [1.165, 1.54) is 4.31 Å². The van der Waals surface area contributed by atoms with Crippen molar-refractivity contribution in [3.05, 3.63) is 52.9 Å². The summed E-state index contributed by atoms with van der Waals surface area (Å²) in [5, 5.41) is 4.37. The van der Waals surface area contributed by atoms with Gasteiger partial charge in [-0.15, -0.1) is 0 Å². The second-order valence-corrected chi connectivity index (χ2v) is 10.8. The molecule has 5 rings (SSSR count). The molecule has 2 aromatic rings. The smallest absolute Gasteiger partial charge is 0.323 e. The number of nitrogens with zero attached hydrogens (tertiary/aromatic N) is 5. The summed E-state index contributed by atoms with van der Waals surface area (Å²) in [5.41, 5.74) is 8.01. The Labute approximate surface area is 191 Å². The zero-order valence-corrected chi connectivity index (χ0v) is 19.2. The van der Waals surface area contributed by atoms with Crippen LogP contribution >= 0.6 is 0 Å². The lowest BCUT2D eigenvalue weighted by molar-refractivity contribution is -0.0533. The van der Waals surface area contributed by atoms with Gasteiger partial charge in [0, 0.05) is 68.7 Å². The number of ether oxygens (including phenoxy) is 1. The molecule has 0 bridgehead atoms. The molecule has 3 atom stereocenters. The van der Waals surface area contributed by atoms with Crippen molar-refractivity contribution in [2.75, 3.05) is 39.8 Å². The Kier molecular flexibility index (Phi) is 6.00. The third kappa shape index (κ3) is 4.31. The van der Waals surface area contributed by atoms with Crippen LogP contribution in [0.25, 0.3) is 0 Å². The van der Waals surface area contributed by atoms with Crippen LogP contribution < -0.4 is 5.73 Å². The summed E-state index contributed by atoms with van der Waals surface area (Å²) in [6, 6.07) is 2.77. The molecule has 2 saturated heterocycles. The highest BCUT2D eigenvalue weighted by molar-refractivity contribution is 7.87. The van der Waals surface area contributed by atoms with Crippen molar-refractivity contribution in [2.24, 2.45) is 5.73 Å². The molecular weight excluding hydrogens is 454 g/mol. The van der Waals surface area contributed by atoms with Crippen molar-refractivity contribution in [1.29, 1.82) is 0 Å². The van der Waals surface area contributed by atoms with Gasteiger partial charge in [0.25, 0.3) is 0 Å². The predicted molar refractivity (Wildman–Crippen MR) is 116 cm³/mol. The van der Waals surface area contributed by atoms with E-state index in [9.17, 15) is 17.2 Å². The molecule has 1 aromatic carbocycles. The Morgan fingerprint density at radius 1 is 1.15 bits per heavy atom. The minimum absolute atomic E-state index is 0.0234. The zero-order valence-electron chi connectivity index (χ0n) is 18.4. The van der Waals surface area contributed by atoms with Crippen LogP contribution in [0.1, 0.15) is 29.3 Å². The van der Waals surface area contributed by atoms with E-state index >= 15 is 0 Å². The maximum absolute atomic E-state index is 14.2. The molecule has 0 saturated carbocycles. The summed E-state index contributed by atoms with van der Waals surface area (Å²) in [5.74, 6) is -1.06. The molecule has 3 aliphatic heterocycles. The van der Waals surface area contributed by atoms with Gasteiger partial charge >= 0.3 is 10.2 Å². The first-order valence-electron chi connectivity index (χ1n) is 11.0. The van der Waals surface area contributed by atoms with Gasteiger partial charge in [0.2, 0.25) is 0 Å². The first-order valence-corrected chi connectivity index (χ1v) is 12.4. The van der Waals surface area contributed by atoms with E-state index in [-0.39, 0.29) is 11.6 Å². The summed E-state index contributed by atoms with van der Waals surface area (Å²) >= 11 is 0. The highest BCUT2D eigenvalue weighted by Crippen LogP contribution is 2.34. The van der Waals surface area contributed by atoms with Crippen LogP contribution in [0.3, 0.4) is 0 Å². The minimum Gasteiger partial charge on any atom is -0.370 e. The van der Waals surface area contributed by atoms with Crippen molar-refractivity contribution in [3.63, 3.8) is 0 Å². The SMILES string of the molecule is CN1CCN(S(=O)(=O)n2cc3c(n2)CN([C@H]2CO[C@H](c4cc(F)ccc4F)[C@@H](N)C2)C3)CC1. The summed E-state index contributed by atoms with van der Waals surface area (Å²) < 4.78 is 62.1. The molecular formula is C21H28F2N6O3S. The molecule has 0 radical (unpaired) electrons. The average Bonchev–Trinajstić information content (AvgIpc) is 3.36. The van der Waals surface area contributed by atoms with Crippen LogP contribution in [-0.4, -0.2) is 83.6 Å². The van der Waals surface area contributed by atoms with Gasteiger partial charge in [-0.05, 0) is 31.7 Å². The molecule has 0 spiro atoms. The summed E-state index contributed by atoms with van der Waals surface area (Å²) in [6.07, 6.45) is 1.43. The van der Waals surface area contributed by atoms with Gasteiger partial charge in [-0.1, -0.05) is 0 Å². The average molecular weight is 483 g/mol. The second-order valence-electron chi connectivity index (χ2n) is 9.06. The van der Waals surface area contributed by atoms with E-state index in [0.717, 1.165) is 33.5 Å². The Balaban J connectivity index is 1.23. The molecule has 12 heteroatoms. The van der Waals surface area contributed by atoms with Gasteiger partial charge in [-0.3, -0.25) is 4.90 Å². The molecule has 0 aliphatic carbocycles. The van der Waals surface area contributed by atoms with Crippen LogP contribution in [0.2, 0.25) is 0 Å². The highest BCUT2D eigenvalue weighted by atomic mass is 32.2. The van der Waals surface area contributed by atoms with Crippen molar-refractivity contribution in [1.82, 2.24) is 23.3 Å². The lowest BCUT2D eigenvalue weighted by Crippen LogP contribution is -2.49. The van der Waals surface area contributed by atoms with Gasteiger partial charge in [0.15, 0.2) is 0 Å². The molecule has 3 aliphatic rings. The number of halogens is 2. The topological polar surface area (TPSA) is 96.9 Å². The molecule has 180 valence electrons. The van der Waals surface area contributed by atoms with Crippen molar-refractivity contribution in [2.45, 2.75) is 37.7 Å². The highest BCUT2D eigenvalue weighted by Gasteiger charge is 2.38. The number of aromatic nitrogens is 2. The van der Waals surface area contributed by atoms with Crippen LogP contribution in [-0.2, 0) is 28.0 Å². The normalized spacial score (nSPS) is 27.7. The van der Waals surface area contributed by atoms with Crippen LogP contribution in [0.5, 0.6) is 0 Å². The second kappa shape index (κ2) is 8.67. The van der Waals surface area contributed by atoms with E-state index in [1.807, 2.05) is 7.05 Å². The molecule has 33 heavy (non-hydrogen) atoms. The Bertz CT molecular complexity index is 1110. The molecule has 2 N–H and O–H groups in total. The number of hydrogen-bond acceptors (Lipinski definition) is 7. The summed E-state index contributed by atoms with van der Waals surface area (Å²) in [6.45, 7) is 3.61. The fourth-order valence-corrected chi connectivity index (χ4v) is 6.14. The molecule has 0 amide bonds. The molecule has 1 aromatic heterocycles. The first kappa shape index (κ1) is 22.8.